The second-order valence-corrected chi connectivity index (χ2v) is 7.24. The molecule has 0 aliphatic rings. The average Bonchev–Trinajstić information content (AvgIpc) is 2.86. The normalized spacial score (nSPS) is 11.9. The van der Waals surface area contributed by atoms with Crippen molar-refractivity contribution in [2.24, 2.45) is 5.10 Å². The molecule has 1 aromatic heterocycles. The number of carbonyl (C=O) groups excluding carboxylic acids is 2. The molecule has 34 heavy (non-hydrogen) atoms. The fourth-order valence-corrected chi connectivity index (χ4v) is 3.27. The molecule has 0 saturated heterocycles. The SMILES string of the molecule is O=C(N[C@H](C(=O)N/N=C/c1ccc(O)c(O)c1)c1n[nH]c(=O)c2ccccc12)c1ccccc1. The van der Waals surface area contributed by atoms with Crippen molar-refractivity contribution >= 4 is 28.8 Å². The van der Waals surface area contributed by atoms with E-state index in [-0.39, 0.29) is 17.2 Å². The molecule has 1 heterocycles. The highest BCUT2D eigenvalue weighted by Gasteiger charge is 2.27. The molecule has 0 saturated carbocycles. The molecule has 2 amide bonds. The summed E-state index contributed by atoms with van der Waals surface area (Å²) in [6, 6.07) is 17.6. The molecule has 0 fully saturated rings. The standard InChI is InChI=1S/C24H19N5O5/c30-18-11-10-14(12-19(18)31)13-25-28-24(34)21(26-22(32)15-6-2-1-3-7-15)20-16-8-4-5-9-17(16)23(33)29-27-20/h1-13,21,30-31H,(H,26,32)(H,28,34)(H,29,33)/b25-13+/t21-/m0/s1. The average molecular weight is 457 g/mol. The number of hydrazone groups is 1. The number of aromatic nitrogens is 2. The van der Waals surface area contributed by atoms with Crippen molar-refractivity contribution in [2.45, 2.75) is 6.04 Å². The van der Waals surface area contributed by atoms with Crippen molar-refractivity contribution in [3.05, 3.63) is 100.0 Å². The lowest BCUT2D eigenvalue weighted by molar-refractivity contribution is -0.123. The molecule has 0 spiro atoms. The van der Waals surface area contributed by atoms with Crippen LogP contribution in [-0.2, 0) is 4.79 Å². The van der Waals surface area contributed by atoms with E-state index in [2.05, 4.69) is 26.0 Å². The third kappa shape index (κ3) is 4.75. The fourth-order valence-electron chi connectivity index (χ4n) is 3.27. The van der Waals surface area contributed by atoms with E-state index >= 15 is 0 Å². The maximum atomic E-state index is 13.1. The Kier molecular flexibility index (Phi) is 6.31. The lowest BCUT2D eigenvalue weighted by Crippen LogP contribution is -2.40. The number of H-pyrrole nitrogens is 1. The minimum atomic E-state index is -1.29. The van der Waals surface area contributed by atoms with Crippen LogP contribution < -0.4 is 16.3 Å². The lowest BCUT2D eigenvalue weighted by atomic mass is 10.0. The van der Waals surface area contributed by atoms with Crippen molar-refractivity contribution < 1.29 is 19.8 Å². The van der Waals surface area contributed by atoms with Crippen LogP contribution in [0.25, 0.3) is 10.8 Å². The molecule has 0 aliphatic heterocycles. The monoisotopic (exact) mass is 457 g/mol. The molecule has 4 aromatic rings. The largest absolute Gasteiger partial charge is 0.504 e. The van der Waals surface area contributed by atoms with E-state index in [1.165, 1.54) is 24.4 Å². The summed E-state index contributed by atoms with van der Waals surface area (Å²) < 4.78 is 0. The van der Waals surface area contributed by atoms with Gasteiger partial charge in [0.2, 0.25) is 0 Å². The lowest BCUT2D eigenvalue weighted by Gasteiger charge is -2.18. The Hall–Kier alpha value is -4.99. The van der Waals surface area contributed by atoms with Crippen LogP contribution in [0.1, 0.15) is 27.7 Å². The van der Waals surface area contributed by atoms with Crippen molar-refractivity contribution in [2.75, 3.05) is 0 Å². The Bertz CT molecular complexity index is 1450. The van der Waals surface area contributed by atoms with Crippen LogP contribution in [0.2, 0.25) is 0 Å². The summed E-state index contributed by atoms with van der Waals surface area (Å²) in [5.74, 6) is -1.87. The van der Waals surface area contributed by atoms with Crippen LogP contribution in [-0.4, -0.2) is 38.4 Å². The third-order valence-electron chi connectivity index (χ3n) is 4.96. The quantitative estimate of drug-likeness (QED) is 0.169. The van der Waals surface area contributed by atoms with Crippen molar-refractivity contribution in [1.29, 1.82) is 0 Å². The van der Waals surface area contributed by atoms with Gasteiger partial charge >= 0.3 is 0 Å². The summed E-state index contributed by atoms with van der Waals surface area (Å²) in [7, 11) is 0. The first-order valence-electron chi connectivity index (χ1n) is 10.1. The van der Waals surface area contributed by atoms with Gasteiger partial charge in [-0.05, 0) is 42.0 Å². The number of benzene rings is 3. The molecular formula is C24H19N5O5. The number of hydrogen-bond acceptors (Lipinski definition) is 7. The number of amides is 2. The summed E-state index contributed by atoms with van der Waals surface area (Å²) in [5, 5.41) is 32.6. The van der Waals surface area contributed by atoms with Crippen LogP contribution in [0.3, 0.4) is 0 Å². The van der Waals surface area contributed by atoms with Crippen LogP contribution in [0.15, 0.2) is 82.7 Å². The molecule has 0 bridgehead atoms. The molecular weight excluding hydrogens is 438 g/mol. The number of phenolic OH excluding ortho intramolecular Hbond substituents is 2. The van der Waals surface area contributed by atoms with E-state index in [4.69, 9.17) is 0 Å². The first-order chi connectivity index (χ1) is 16.4. The Morgan fingerprint density at radius 3 is 2.38 bits per heavy atom. The van der Waals surface area contributed by atoms with Gasteiger partial charge in [0.25, 0.3) is 17.4 Å². The predicted octanol–water partition coefficient (Wildman–Crippen LogP) is 1.96. The van der Waals surface area contributed by atoms with Crippen LogP contribution in [0.5, 0.6) is 11.5 Å². The minimum Gasteiger partial charge on any atom is -0.504 e. The molecule has 4 rings (SSSR count). The zero-order chi connectivity index (χ0) is 24.1. The summed E-state index contributed by atoms with van der Waals surface area (Å²) in [4.78, 5) is 38.1. The van der Waals surface area contributed by atoms with Crippen LogP contribution in [0, 0.1) is 0 Å². The van der Waals surface area contributed by atoms with E-state index in [1.54, 1.807) is 54.6 Å². The van der Waals surface area contributed by atoms with E-state index < -0.39 is 23.4 Å². The number of nitrogens with zero attached hydrogens (tertiary/aromatic N) is 2. The second kappa shape index (κ2) is 9.65. The Morgan fingerprint density at radius 2 is 1.65 bits per heavy atom. The topological polar surface area (TPSA) is 157 Å². The van der Waals surface area contributed by atoms with Gasteiger partial charge in [-0.1, -0.05) is 36.4 Å². The maximum absolute atomic E-state index is 13.1. The van der Waals surface area contributed by atoms with Crippen molar-refractivity contribution in [3.8, 4) is 11.5 Å². The highest BCUT2D eigenvalue weighted by molar-refractivity contribution is 5.99. The Balaban J connectivity index is 1.66. The minimum absolute atomic E-state index is 0.134. The highest BCUT2D eigenvalue weighted by Crippen LogP contribution is 2.24. The van der Waals surface area contributed by atoms with Crippen molar-refractivity contribution in [1.82, 2.24) is 20.9 Å². The van der Waals surface area contributed by atoms with Gasteiger partial charge in [-0.15, -0.1) is 0 Å². The molecule has 1 atom stereocenters. The number of fused-ring (bicyclic) bond motifs is 1. The molecule has 10 heteroatoms. The maximum Gasteiger partial charge on any atom is 0.272 e. The molecule has 0 radical (unpaired) electrons. The second-order valence-electron chi connectivity index (χ2n) is 7.24. The van der Waals surface area contributed by atoms with Gasteiger partial charge < -0.3 is 15.5 Å². The van der Waals surface area contributed by atoms with Crippen molar-refractivity contribution in [3.63, 3.8) is 0 Å². The van der Waals surface area contributed by atoms with Gasteiger partial charge in [-0.3, -0.25) is 14.4 Å². The van der Waals surface area contributed by atoms with Gasteiger partial charge in [0.15, 0.2) is 17.5 Å². The summed E-state index contributed by atoms with van der Waals surface area (Å²) in [6.07, 6.45) is 1.26. The van der Waals surface area contributed by atoms with Gasteiger partial charge in [0, 0.05) is 10.9 Å². The van der Waals surface area contributed by atoms with Crippen LogP contribution >= 0.6 is 0 Å². The number of carbonyl (C=O) groups is 2. The van der Waals surface area contributed by atoms with Gasteiger partial charge in [0.05, 0.1) is 11.6 Å². The summed E-state index contributed by atoms with van der Waals surface area (Å²) >= 11 is 0. The molecule has 170 valence electrons. The van der Waals surface area contributed by atoms with E-state index in [9.17, 15) is 24.6 Å². The zero-order valence-electron chi connectivity index (χ0n) is 17.6. The third-order valence-corrected chi connectivity index (χ3v) is 4.96. The first kappa shape index (κ1) is 22.2. The summed E-state index contributed by atoms with van der Waals surface area (Å²) in [6.45, 7) is 0. The molecule has 3 aromatic carbocycles. The predicted molar refractivity (Wildman–Crippen MR) is 125 cm³/mol. The fraction of sp³-hybridized carbons (Fsp3) is 0.0417. The Labute approximate surface area is 192 Å². The Morgan fingerprint density at radius 1 is 0.941 bits per heavy atom. The van der Waals surface area contributed by atoms with E-state index in [0.29, 0.717) is 21.9 Å². The smallest absolute Gasteiger partial charge is 0.272 e. The molecule has 10 nitrogen and oxygen atoms in total. The molecule has 5 N–H and O–H groups in total. The molecule has 0 unspecified atom stereocenters. The summed E-state index contributed by atoms with van der Waals surface area (Å²) in [5.41, 5.74) is 2.78. The number of aromatic hydroxyl groups is 2. The number of aromatic amines is 1. The number of rotatable bonds is 6. The van der Waals surface area contributed by atoms with Crippen LogP contribution in [0.4, 0.5) is 0 Å². The molecule has 0 aliphatic carbocycles. The van der Waals surface area contributed by atoms with Gasteiger partial charge in [-0.2, -0.15) is 10.2 Å². The van der Waals surface area contributed by atoms with E-state index in [1.807, 2.05) is 0 Å². The zero-order valence-corrected chi connectivity index (χ0v) is 17.6. The van der Waals surface area contributed by atoms with Gasteiger partial charge in [0.1, 0.15) is 5.69 Å². The number of hydrogen-bond donors (Lipinski definition) is 5. The first-order valence-corrected chi connectivity index (χ1v) is 10.1. The number of nitrogens with one attached hydrogen (secondary N) is 3. The highest BCUT2D eigenvalue weighted by atomic mass is 16.3. The number of phenols is 2. The van der Waals surface area contributed by atoms with Gasteiger partial charge in [-0.25, -0.2) is 10.5 Å². The van der Waals surface area contributed by atoms with E-state index in [0.717, 1.165) is 0 Å².